The Hall–Kier alpha value is -4.16. The van der Waals surface area contributed by atoms with Crippen LogP contribution in [0.3, 0.4) is 0 Å². The molecule has 1 spiro atoms. The molecule has 3 aromatic carbocycles. The number of amides is 3. The maximum absolute atomic E-state index is 14.9. The van der Waals surface area contributed by atoms with Gasteiger partial charge in [0.05, 0.1) is 48.8 Å². The molecular weight excluding hydrogens is 637 g/mol. The highest BCUT2D eigenvalue weighted by Crippen LogP contribution is 2.60. The fourth-order valence-electron chi connectivity index (χ4n) is 8.56. The zero-order valence-electron chi connectivity index (χ0n) is 28.3. The molecule has 0 radical (unpaired) electrons. The highest BCUT2D eigenvalue weighted by molar-refractivity contribution is 6.71. The predicted molar refractivity (Wildman–Crippen MR) is 189 cm³/mol. The lowest BCUT2D eigenvalue weighted by atomic mass is 9.82. The van der Waals surface area contributed by atoms with Crippen molar-refractivity contribution in [3.8, 4) is 0 Å². The molecule has 0 aromatic heterocycles. The van der Waals surface area contributed by atoms with Crippen molar-refractivity contribution in [2.45, 2.75) is 82.0 Å². The molecule has 2 N–H and O–H groups in total. The molecule has 11 heteroatoms. The van der Waals surface area contributed by atoms with Crippen LogP contribution in [0.4, 0.5) is 11.4 Å². The van der Waals surface area contributed by atoms with E-state index >= 15 is 0 Å². The summed E-state index contributed by atoms with van der Waals surface area (Å²) in [7, 11) is -3.03. The number of rotatable bonds is 8. The molecule has 4 aliphatic rings. The summed E-state index contributed by atoms with van der Waals surface area (Å²) in [6.45, 7) is 6.39. The molecule has 0 bridgehead atoms. The largest absolute Gasteiger partial charge is 0.432 e. The number of carbonyl (C=O) groups excluding carboxylic acids is 3. The average molecular weight is 681 g/mol. The number of anilines is 2. The van der Waals surface area contributed by atoms with E-state index in [0.717, 1.165) is 29.7 Å². The van der Waals surface area contributed by atoms with Crippen molar-refractivity contribution in [1.82, 2.24) is 4.90 Å². The summed E-state index contributed by atoms with van der Waals surface area (Å²) in [6, 6.07) is 24.8. The van der Waals surface area contributed by atoms with Crippen molar-refractivity contribution in [3.05, 3.63) is 95.6 Å². The van der Waals surface area contributed by atoms with E-state index in [2.05, 4.69) is 0 Å². The number of aliphatic hydroxyl groups excluding tert-OH is 1. The number of aliphatic hydroxyl groups is 1. The number of ether oxygens (including phenoxy) is 1. The summed E-state index contributed by atoms with van der Waals surface area (Å²) in [5.74, 6) is -1.01. The van der Waals surface area contributed by atoms with Crippen molar-refractivity contribution >= 4 is 43.1 Å². The van der Waals surface area contributed by atoms with E-state index in [0.29, 0.717) is 42.9 Å². The number of hydrazone groups is 1. The van der Waals surface area contributed by atoms with Crippen molar-refractivity contribution < 1.29 is 29.0 Å². The van der Waals surface area contributed by atoms with E-state index in [1.54, 1.807) is 9.80 Å². The van der Waals surface area contributed by atoms with Gasteiger partial charge < -0.3 is 24.4 Å². The maximum Gasteiger partial charge on any atom is 0.264 e. The van der Waals surface area contributed by atoms with Crippen LogP contribution in [0.5, 0.6) is 0 Å². The van der Waals surface area contributed by atoms with Crippen LogP contribution in [0.15, 0.2) is 84.0 Å². The molecule has 4 heterocycles. The van der Waals surface area contributed by atoms with Gasteiger partial charge in [-0.1, -0.05) is 67.6 Å². The fourth-order valence-corrected chi connectivity index (χ4v) is 11.1. The first kappa shape index (κ1) is 33.3. The van der Waals surface area contributed by atoms with Crippen molar-refractivity contribution in [2.24, 2.45) is 11.0 Å². The van der Waals surface area contributed by atoms with Gasteiger partial charge in [-0.2, -0.15) is 5.10 Å². The highest BCUT2D eigenvalue weighted by atomic mass is 28.4. The summed E-state index contributed by atoms with van der Waals surface area (Å²) in [5.41, 5.74) is 2.57. The Kier molecular flexibility index (Phi) is 8.81. The molecule has 0 aliphatic carbocycles. The van der Waals surface area contributed by atoms with Crippen LogP contribution in [-0.4, -0.2) is 71.9 Å². The van der Waals surface area contributed by atoms with Crippen molar-refractivity contribution in [2.75, 3.05) is 23.1 Å². The molecule has 256 valence electrons. The van der Waals surface area contributed by atoms with Crippen molar-refractivity contribution in [1.29, 1.82) is 0 Å². The normalized spacial score (nSPS) is 26.9. The van der Waals surface area contributed by atoms with Crippen LogP contribution in [0.1, 0.15) is 55.7 Å². The first-order valence-electron chi connectivity index (χ1n) is 17.3. The topological polar surface area (TPSA) is 123 Å². The lowest BCUT2D eigenvalue weighted by Crippen LogP contribution is -2.46. The second-order valence-corrected chi connectivity index (χ2v) is 18.3. The second-order valence-electron chi connectivity index (χ2n) is 14.3. The molecule has 3 aromatic rings. The summed E-state index contributed by atoms with van der Waals surface area (Å²) >= 11 is 0. The Bertz CT molecular complexity index is 1780. The van der Waals surface area contributed by atoms with Crippen LogP contribution >= 0.6 is 0 Å². The van der Waals surface area contributed by atoms with Gasteiger partial charge in [-0.3, -0.25) is 14.4 Å². The van der Waals surface area contributed by atoms with Crippen LogP contribution < -0.4 is 9.91 Å². The Balaban J connectivity index is 1.32. The molecule has 49 heavy (non-hydrogen) atoms. The average Bonchev–Trinajstić information content (AvgIpc) is 3.76. The molecule has 4 aliphatic heterocycles. The smallest absolute Gasteiger partial charge is 0.264 e. The Morgan fingerprint density at radius 2 is 1.73 bits per heavy atom. The van der Waals surface area contributed by atoms with E-state index in [4.69, 9.17) is 9.84 Å². The number of benzene rings is 3. The van der Waals surface area contributed by atoms with E-state index in [1.807, 2.05) is 98.9 Å². The quantitative estimate of drug-likeness (QED) is 0.325. The third-order valence-electron chi connectivity index (χ3n) is 10.8. The Morgan fingerprint density at radius 3 is 2.43 bits per heavy atom. The molecule has 10 nitrogen and oxygen atoms in total. The minimum atomic E-state index is -3.03. The monoisotopic (exact) mass is 680 g/mol. The Labute approximate surface area is 288 Å². The number of hydrogen-bond acceptors (Lipinski definition) is 7. The highest BCUT2D eigenvalue weighted by Gasteiger charge is 2.66. The number of likely N-dealkylation sites (tertiary alicyclic amines) is 1. The number of fused-ring (bicyclic) bond motifs is 2. The second kappa shape index (κ2) is 12.9. The summed E-state index contributed by atoms with van der Waals surface area (Å²) < 4.78 is 6.96. The van der Waals surface area contributed by atoms with Crippen molar-refractivity contribution in [3.63, 3.8) is 0 Å². The van der Waals surface area contributed by atoms with E-state index < -0.39 is 31.5 Å². The third-order valence-corrected chi connectivity index (χ3v) is 13.3. The summed E-state index contributed by atoms with van der Waals surface area (Å²) in [6.07, 6.45) is 1.67. The van der Waals surface area contributed by atoms with Gasteiger partial charge in [0.25, 0.3) is 5.91 Å². The van der Waals surface area contributed by atoms with Crippen LogP contribution in [0.2, 0.25) is 18.6 Å². The standard InChI is InChI=1S/C38H44N4O6Si/c1-25-36(49(2,3)47)33(22-35(45)40-20-10-15-29(40)24-43)48-38(25)30-21-28(42-34(44)19-17-31(39-42)27-13-8-5-9-14-27)16-18-32(30)41(37(38)46)23-26-11-6-4-7-12-26/h4-9,11-14,16,18,21,25,29,33,36,43,47H,10,15,17,19-20,22-24H2,1-3H3/t25-,29+,33+,36-,38+/m1/s1. The molecule has 0 saturated carbocycles. The zero-order chi connectivity index (χ0) is 34.5. The molecular formula is C38H44N4O6Si. The van der Waals surface area contributed by atoms with Crippen LogP contribution in [-0.2, 0) is 31.3 Å². The van der Waals surface area contributed by atoms with E-state index in [1.165, 1.54) is 5.01 Å². The molecule has 2 fully saturated rings. The third kappa shape index (κ3) is 5.82. The number of hydrogen-bond donors (Lipinski definition) is 2. The SMILES string of the molecule is C[C@@H]1[C@@H]([Si](C)(C)O)[C@H](CC(=O)N2CCC[C@H]2CO)O[C@@]12C(=O)N(Cc1ccccc1)c1ccc(N3N=C(c4ccccc4)CCC3=O)cc12. The molecule has 5 atom stereocenters. The molecule has 7 rings (SSSR count). The van der Waals surface area contributed by atoms with Gasteiger partial charge in [0, 0.05) is 36.4 Å². The van der Waals surface area contributed by atoms with Gasteiger partial charge in [-0.25, -0.2) is 5.01 Å². The summed E-state index contributed by atoms with van der Waals surface area (Å²) in [4.78, 5) is 57.3. The number of carbonyl (C=O) groups is 3. The zero-order valence-corrected chi connectivity index (χ0v) is 29.3. The first-order chi connectivity index (χ1) is 23.5. The van der Waals surface area contributed by atoms with E-state index in [9.17, 15) is 24.3 Å². The fraction of sp³-hybridized carbons (Fsp3) is 0.421. The minimum absolute atomic E-state index is 0.000571. The van der Waals surface area contributed by atoms with Gasteiger partial charge in [-0.05, 0) is 55.3 Å². The Morgan fingerprint density at radius 1 is 1.02 bits per heavy atom. The minimum Gasteiger partial charge on any atom is -0.432 e. The van der Waals surface area contributed by atoms with Gasteiger partial charge >= 0.3 is 0 Å². The van der Waals surface area contributed by atoms with Gasteiger partial charge in [-0.15, -0.1) is 0 Å². The first-order valence-corrected chi connectivity index (χ1v) is 20.3. The van der Waals surface area contributed by atoms with Crippen LogP contribution in [0, 0.1) is 5.92 Å². The molecule has 2 saturated heterocycles. The van der Waals surface area contributed by atoms with Crippen LogP contribution in [0.25, 0.3) is 0 Å². The molecule has 0 unspecified atom stereocenters. The lowest BCUT2D eigenvalue weighted by molar-refractivity contribution is -0.150. The lowest BCUT2D eigenvalue weighted by Gasteiger charge is -2.33. The molecule has 3 amide bonds. The van der Waals surface area contributed by atoms with Gasteiger partial charge in [0.1, 0.15) is 0 Å². The van der Waals surface area contributed by atoms with Gasteiger partial charge in [0.2, 0.25) is 11.8 Å². The van der Waals surface area contributed by atoms with E-state index in [-0.39, 0.29) is 36.8 Å². The maximum atomic E-state index is 14.9. The number of nitrogens with zero attached hydrogens (tertiary/aromatic N) is 4. The summed E-state index contributed by atoms with van der Waals surface area (Å²) in [5, 5.41) is 16.1. The van der Waals surface area contributed by atoms with Gasteiger partial charge in [0.15, 0.2) is 13.9 Å². The predicted octanol–water partition coefficient (Wildman–Crippen LogP) is 4.94.